The molecule has 6 heteroatoms. The van der Waals surface area contributed by atoms with E-state index in [1.807, 2.05) is 6.92 Å². The molecule has 0 aromatic carbocycles. The van der Waals surface area contributed by atoms with Gasteiger partial charge in [0.2, 0.25) is 5.95 Å². The first-order chi connectivity index (χ1) is 6.79. The van der Waals surface area contributed by atoms with E-state index in [2.05, 4.69) is 19.7 Å². The first-order valence-electron chi connectivity index (χ1n) is 4.33. The molecule has 0 saturated heterocycles. The van der Waals surface area contributed by atoms with Crippen LogP contribution in [0, 0.1) is 0 Å². The molecule has 0 bridgehead atoms. The molecule has 0 radical (unpaired) electrons. The lowest BCUT2D eigenvalue weighted by molar-refractivity contribution is 0.792. The molecule has 14 heavy (non-hydrogen) atoms. The van der Waals surface area contributed by atoms with Gasteiger partial charge in [-0.3, -0.25) is 0 Å². The molecule has 74 valence electrons. The molecule has 5 nitrogen and oxygen atoms in total. The number of nitrogens with zero attached hydrogens (tertiary/aromatic N) is 3. The van der Waals surface area contributed by atoms with Gasteiger partial charge in [-0.15, -0.1) is 0 Å². The van der Waals surface area contributed by atoms with Crippen LogP contribution in [0.1, 0.15) is 6.92 Å². The van der Waals surface area contributed by atoms with E-state index in [-0.39, 0.29) is 6.04 Å². The zero-order chi connectivity index (χ0) is 9.97. The molecule has 3 N–H and O–H groups in total. The van der Waals surface area contributed by atoms with E-state index in [1.54, 1.807) is 12.4 Å². The first kappa shape index (κ1) is 9.29. The maximum absolute atomic E-state index is 5.48. The molecule has 0 aliphatic heterocycles. The lowest BCUT2D eigenvalue weighted by Crippen LogP contribution is -2.26. The van der Waals surface area contributed by atoms with E-state index in [4.69, 9.17) is 5.73 Å². The summed E-state index contributed by atoms with van der Waals surface area (Å²) in [6.07, 6.45) is 3.52. The van der Waals surface area contributed by atoms with Crippen LogP contribution in [0.5, 0.6) is 0 Å². The summed E-state index contributed by atoms with van der Waals surface area (Å²) in [5, 5.41) is 4.08. The van der Waals surface area contributed by atoms with Crippen LogP contribution in [0.25, 0.3) is 10.2 Å². The Morgan fingerprint density at radius 3 is 3.21 bits per heavy atom. The van der Waals surface area contributed by atoms with E-state index in [9.17, 15) is 0 Å². The van der Waals surface area contributed by atoms with E-state index in [1.165, 1.54) is 11.5 Å². The smallest absolute Gasteiger partial charge is 0.224 e. The molecule has 2 aromatic heterocycles. The van der Waals surface area contributed by atoms with E-state index < -0.39 is 0 Å². The fourth-order valence-electron chi connectivity index (χ4n) is 1.02. The number of anilines is 1. The second kappa shape index (κ2) is 3.85. The molecular weight excluding hydrogens is 198 g/mol. The van der Waals surface area contributed by atoms with Crippen molar-refractivity contribution in [2.45, 2.75) is 13.0 Å². The minimum Gasteiger partial charge on any atom is -0.350 e. The van der Waals surface area contributed by atoms with Gasteiger partial charge in [0.15, 0.2) is 0 Å². The Morgan fingerprint density at radius 2 is 2.43 bits per heavy atom. The Labute approximate surface area is 85.5 Å². The highest BCUT2D eigenvalue weighted by atomic mass is 32.1. The average molecular weight is 209 g/mol. The molecule has 0 spiro atoms. The molecule has 1 atom stereocenters. The molecule has 0 aliphatic rings. The van der Waals surface area contributed by atoms with Crippen LogP contribution in [0.3, 0.4) is 0 Å². The maximum Gasteiger partial charge on any atom is 0.224 e. The molecular formula is C8H11N5S. The van der Waals surface area contributed by atoms with Gasteiger partial charge in [-0.05, 0) is 18.5 Å². The third kappa shape index (κ3) is 1.80. The van der Waals surface area contributed by atoms with Crippen molar-refractivity contribution in [1.29, 1.82) is 0 Å². The average Bonchev–Trinajstić information content (AvgIpc) is 2.64. The maximum atomic E-state index is 5.48. The minimum absolute atomic E-state index is 0.181. The summed E-state index contributed by atoms with van der Waals surface area (Å²) in [5.41, 5.74) is 5.48. The normalized spacial score (nSPS) is 13.0. The van der Waals surface area contributed by atoms with Crippen molar-refractivity contribution in [3.05, 3.63) is 12.4 Å². The van der Waals surface area contributed by atoms with Crippen LogP contribution in [-0.2, 0) is 0 Å². The van der Waals surface area contributed by atoms with Gasteiger partial charge in [-0.2, -0.15) is 4.37 Å². The summed E-state index contributed by atoms with van der Waals surface area (Å²) in [4.78, 5) is 9.35. The van der Waals surface area contributed by atoms with Gasteiger partial charge in [0.05, 0.1) is 6.20 Å². The first-order valence-corrected chi connectivity index (χ1v) is 5.11. The van der Waals surface area contributed by atoms with Gasteiger partial charge in [0.25, 0.3) is 0 Å². The summed E-state index contributed by atoms with van der Waals surface area (Å²) >= 11 is 1.36. The summed E-state index contributed by atoms with van der Waals surface area (Å²) < 4.78 is 4.03. The van der Waals surface area contributed by atoms with E-state index >= 15 is 0 Å². The molecule has 0 saturated carbocycles. The number of nitrogens with two attached hydrogens (primary N) is 1. The Balaban J connectivity index is 2.25. The Bertz CT molecular complexity index is 426. The second-order valence-electron chi connectivity index (χ2n) is 3.06. The van der Waals surface area contributed by atoms with Crippen molar-refractivity contribution in [3.8, 4) is 0 Å². The highest BCUT2D eigenvalue weighted by Gasteiger charge is 2.04. The Hall–Kier alpha value is -1.27. The van der Waals surface area contributed by atoms with E-state index in [0.29, 0.717) is 12.5 Å². The van der Waals surface area contributed by atoms with Crippen molar-refractivity contribution in [2.75, 3.05) is 11.9 Å². The zero-order valence-corrected chi connectivity index (χ0v) is 8.58. The van der Waals surface area contributed by atoms with Crippen LogP contribution in [-0.4, -0.2) is 26.9 Å². The predicted octanol–water partition coefficient (Wildman–Crippen LogP) is 0.845. The highest BCUT2D eigenvalue weighted by molar-refractivity contribution is 7.12. The molecule has 0 amide bonds. The van der Waals surface area contributed by atoms with Crippen LogP contribution >= 0.6 is 11.5 Å². The lowest BCUT2D eigenvalue weighted by Gasteiger charge is -2.09. The zero-order valence-electron chi connectivity index (χ0n) is 7.77. The van der Waals surface area contributed by atoms with Gasteiger partial charge in [-0.1, -0.05) is 0 Å². The fraction of sp³-hybridized carbons (Fsp3) is 0.375. The number of hydrogen-bond acceptors (Lipinski definition) is 6. The molecule has 2 aromatic rings. The summed E-state index contributed by atoms with van der Waals surface area (Å²) in [6.45, 7) is 2.55. The Morgan fingerprint density at radius 1 is 1.57 bits per heavy atom. The monoisotopic (exact) mass is 209 g/mol. The van der Waals surface area contributed by atoms with Crippen molar-refractivity contribution >= 4 is 27.7 Å². The van der Waals surface area contributed by atoms with Crippen LogP contribution < -0.4 is 11.1 Å². The van der Waals surface area contributed by atoms with Crippen molar-refractivity contribution in [3.63, 3.8) is 0 Å². The summed E-state index contributed by atoms with van der Waals surface area (Å²) in [5.74, 6) is 0.611. The Kier molecular flexibility index (Phi) is 2.55. The molecule has 0 aliphatic carbocycles. The van der Waals surface area contributed by atoms with Crippen LogP contribution in [0.15, 0.2) is 12.4 Å². The second-order valence-corrected chi connectivity index (χ2v) is 3.84. The topological polar surface area (TPSA) is 76.7 Å². The third-order valence-corrected chi connectivity index (χ3v) is 2.55. The van der Waals surface area contributed by atoms with Crippen LogP contribution in [0.2, 0.25) is 0 Å². The van der Waals surface area contributed by atoms with E-state index in [0.717, 1.165) is 10.2 Å². The van der Waals surface area contributed by atoms with Gasteiger partial charge >= 0.3 is 0 Å². The van der Waals surface area contributed by atoms with Crippen molar-refractivity contribution < 1.29 is 0 Å². The highest BCUT2D eigenvalue weighted by Crippen LogP contribution is 2.15. The lowest BCUT2D eigenvalue weighted by atomic mass is 10.3. The third-order valence-electron chi connectivity index (χ3n) is 1.84. The standard InChI is InChI=1S/C8H11N5S/c1-5(2-9)12-8-10-3-6-4-11-14-7(6)13-8/h3-5H,2,9H2,1H3,(H,10,12,13). The van der Waals surface area contributed by atoms with Crippen molar-refractivity contribution in [2.24, 2.45) is 5.73 Å². The fourth-order valence-corrected chi connectivity index (χ4v) is 1.62. The van der Waals surface area contributed by atoms with Crippen molar-refractivity contribution in [1.82, 2.24) is 14.3 Å². The SMILES string of the molecule is CC(CN)Nc1ncc2cnsc2n1. The number of nitrogens with one attached hydrogen (secondary N) is 1. The number of rotatable bonds is 3. The largest absolute Gasteiger partial charge is 0.350 e. The van der Waals surface area contributed by atoms with Crippen LogP contribution in [0.4, 0.5) is 5.95 Å². The summed E-state index contributed by atoms with van der Waals surface area (Å²) in [6, 6.07) is 0.181. The number of hydrogen-bond donors (Lipinski definition) is 2. The molecule has 0 fully saturated rings. The summed E-state index contributed by atoms with van der Waals surface area (Å²) in [7, 11) is 0. The number of fused-ring (bicyclic) bond motifs is 1. The molecule has 1 unspecified atom stereocenters. The molecule has 2 heterocycles. The minimum atomic E-state index is 0.181. The van der Waals surface area contributed by atoms with Gasteiger partial charge < -0.3 is 11.1 Å². The predicted molar refractivity (Wildman–Crippen MR) is 57.3 cm³/mol. The van der Waals surface area contributed by atoms with Gasteiger partial charge in [-0.25, -0.2) is 9.97 Å². The van der Waals surface area contributed by atoms with Gasteiger partial charge in [0, 0.05) is 24.2 Å². The van der Waals surface area contributed by atoms with Gasteiger partial charge in [0.1, 0.15) is 4.83 Å². The quantitative estimate of drug-likeness (QED) is 0.783. The molecule has 2 rings (SSSR count). The number of aromatic nitrogens is 3.